The van der Waals surface area contributed by atoms with Crippen molar-refractivity contribution < 1.29 is 9.59 Å². The number of primary amides is 1. The summed E-state index contributed by atoms with van der Waals surface area (Å²) in [5.74, 6) is -0.399. The predicted molar refractivity (Wildman–Crippen MR) is 64.5 cm³/mol. The summed E-state index contributed by atoms with van der Waals surface area (Å²) in [6, 6.07) is -0.429. The molecule has 7 nitrogen and oxygen atoms in total. The average Bonchev–Trinajstić information content (AvgIpc) is 2.22. The summed E-state index contributed by atoms with van der Waals surface area (Å²) < 4.78 is 0. The second-order valence-electron chi connectivity index (χ2n) is 4.44. The molecule has 1 aliphatic heterocycles. The van der Waals surface area contributed by atoms with Gasteiger partial charge in [0.2, 0.25) is 5.91 Å². The van der Waals surface area contributed by atoms with Gasteiger partial charge in [-0.1, -0.05) is 0 Å². The molecular weight excluding hydrogens is 222 g/mol. The number of nitrogens with two attached hydrogens (primary N) is 1. The van der Waals surface area contributed by atoms with Crippen LogP contribution in [0, 0.1) is 0 Å². The van der Waals surface area contributed by atoms with Crippen molar-refractivity contribution in [2.24, 2.45) is 5.73 Å². The van der Waals surface area contributed by atoms with Gasteiger partial charge in [0.25, 0.3) is 0 Å². The van der Waals surface area contributed by atoms with Gasteiger partial charge >= 0.3 is 6.03 Å². The van der Waals surface area contributed by atoms with Crippen LogP contribution in [0.1, 0.15) is 0 Å². The van der Waals surface area contributed by atoms with E-state index in [0.717, 1.165) is 19.6 Å². The van der Waals surface area contributed by atoms with Gasteiger partial charge in [-0.05, 0) is 14.1 Å². The van der Waals surface area contributed by atoms with Crippen molar-refractivity contribution in [3.05, 3.63) is 0 Å². The van der Waals surface area contributed by atoms with Crippen molar-refractivity contribution in [2.45, 2.75) is 6.04 Å². The number of piperazine rings is 1. The van der Waals surface area contributed by atoms with E-state index in [-0.39, 0.29) is 6.54 Å². The maximum Gasteiger partial charge on any atom is 0.318 e. The molecule has 1 atom stereocenters. The SMILES string of the molecule is CN1CCN(C)C(CNCC(=O)NC(N)=O)C1. The smallest absolute Gasteiger partial charge is 0.318 e. The van der Waals surface area contributed by atoms with Crippen molar-refractivity contribution in [3.63, 3.8) is 0 Å². The quantitative estimate of drug-likeness (QED) is 0.532. The lowest BCUT2D eigenvalue weighted by molar-refractivity contribution is -0.119. The molecule has 7 heteroatoms. The van der Waals surface area contributed by atoms with E-state index < -0.39 is 11.9 Å². The van der Waals surface area contributed by atoms with Crippen LogP contribution in [0.3, 0.4) is 0 Å². The molecule has 0 aromatic heterocycles. The highest BCUT2D eigenvalue weighted by Gasteiger charge is 2.21. The Kier molecular flexibility index (Phi) is 5.33. The molecule has 1 saturated heterocycles. The van der Waals surface area contributed by atoms with E-state index in [1.807, 2.05) is 5.32 Å². The van der Waals surface area contributed by atoms with E-state index in [0.29, 0.717) is 12.6 Å². The van der Waals surface area contributed by atoms with Crippen LogP contribution in [0.4, 0.5) is 4.79 Å². The Labute approximate surface area is 101 Å². The average molecular weight is 243 g/mol. The van der Waals surface area contributed by atoms with Crippen LogP contribution >= 0.6 is 0 Å². The van der Waals surface area contributed by atoms with Gasteiger partial charge in [-0.25, -0.2) is 4.79 Å². The number of amides is 3. The van der Waals surface area contributed by atoms with Crippen LogP contribution in [0.2, 0.25) is 0 Å². The largest absolute Gasteiger partial charge is 0.351 e. The van der Waals surface area contributed by atoms with Crippen LogP contribution in [0.5, 0.6) is 0 Å². The molecule has 0 spiro atoms. The molecular formula is C10H21N5O2. The second-order valence-corrected chi connectivity index (χ2v) is 4.44. The number of hydrogen-bond acceptors (Lipinski definition) is 5. The topological polar surface area (TPSA) is 90.7 Å². The third kappa shape index (κ3) is 5.12. The number of nitrogens with one attached hydrogen (secondary N) is 2. The summed E-state index contributed by atoms with van der Waals surface area (Å²) in [5.41, 5.74) is 4.83. The van der Waals surface area contributed by atoms with E-state index in [9.17, 15) is 9.59 Å². The number of carbonyl (C=O) groups excluding carboxylic acids is 2. The van der Waals surface area contributed by atoms with Gasteiger partial charge in [-0.3, -0.25) is 15.0 Å². The molecule has 1 rings (SSSR count). The second kappa shape index (κ2) is 6.53. The Morgan fingerprint density at radius 2 is 2.06 bits per heavy atom. The first-order valence-electron chi connectivity index (χ1n) is 5.68. The summed E-state index contributed by atoms with van der Waals surface area (Å²) in [5, 5.41) is 5.04. The summed E-state index contributed by atoms with van der Waals surface area (Å²) in [4.78, 5) is 26.1. The van der Waals surface area contributed by atoms with E-state index in [4.69, 9.17) is 5.73 Å². The van der Waals surface area contributed by atoms with Crippen molar-refractivity contribution in [1.29, 1.82) is 0 Å². The number of urea groups is 1. The molecule has 0 aromatic carbocycles. The molecule has 0 radical (unpaired) electrons. The summed E-state index contributed by atoms with van der Waals surface area (Å²) in [7, 11) is 4.16. The van der Waals surface area contributed by atoms with Crippen molar-refractivity contribution >= 4 is 11.9 Å². The van der Waals surface area contributed by atoms with Crippen molar-refractivity contribution in [2.75, 3.05) is 46.8 Å². The fourth-order valence-electron chi connectivity index (χ4n) is 1.86. The number of likely N-dealkylation sites (N-methyl/N-ethyl adjacent to an activating group) is 2. The zero-order chi connectivity index (χ0) is 12.8. The van der Waals surface area contributed by atoms with Crippen LogP contribution in [-0.2, 0) is 4.79 Å². The lowest BCUT2D eigenvalue weighted by atomic mass is 10.2. The molecule has 0 bridgehead atoms. The first-order chi connectivity index (χ1) is 7.99. The third-order valence-electron chi connectivity index (χ3n) is 2.91. The highest BCUT2D eigenvalue weighted by molar-refractivity contribution is 5.94. The Hall–Kier alpha value is -1.18. The number of hydrogen-bond donors (Lipinski definition) is 3. The highest BCUT2D eigenvalue weighted by atomic mass is 16.2. The minimum absolute atomic E-state index is 0.108. The van der Waals surface area contributed by atoms with Gasteiger partial charge in [0.15, 0.2) is 0 Å². The molecule has 0 saturated carbocycles. The Balaban J connectivity index is 2.21. The third-order valence-corrected chi connectivity index (χ3v) is 2.91. The zero-order valence-electron chi connectivity index (χ0n) is 10.4. The maximum atomic E-state index is 11.1. The van der Waals surface area contributed by atoms with Gasteiger partial charge in [0, 0.05) is 32.2 Å². The van der Waals surface area contributed by atoms with E-state index >= 15 is 0 Å². The Morgan fingerprint density at radius 3 is 2.71 bits per heavy atom. The molecule has 17 heavy (non-hydrogen) atoms. The predicted octanol–water partition coefficient (Wildman–Crippen LogP) is -1.98. The molecule has 3 amide bonds. The van der Waals surface area contributed by atoms with Gasteiger partial charge in [-0.2, -0.15) is 0 Å². The van der Waals surface area contributed by atoms with Gasteiger partial charge in [0.05, 0.1) is 6.54 Å². The normalized spacial score (nSPS) is 22.4. The van der Waals surface area contributed by atoms with Gasteiger partial charge in [0.1, 0.15) is 0 Å². The monoisotopic (exact) mass is 243 g/mol. The fraction of sp³-hybridized carbons (Fsp3) is 0.800. The first kappa shape index (κ1) is 13.9. The molecule has 0 aliphatic carbocycles. The zero-order valence-corrected chi connectivity index (χ0v) is 10.4. The molecule has 0 aromatic rings. The maximum absolute atomic E-state index is 11.1. The summed E-state index contributed by atoms with van der Waals surface area (Å²) in [6.45, 7) is 3.89. The minimum Gasteiger partial charge on any atom is -0.351 e. The van der Waals surface area contributed by atoms with E-state index in [1.54, 1.807) is 0 Å². The van der Waals surface area contributed by atoms with Gasteiger partial charge in [-0.15, -0.1) is 0 Å². The standard InChI is InChI=1S/C10H21N5O2/c1-14-3-4-15(2)8(7-14)5-12-6-9(16)13-10(11)17/h8,12H,3-7H2,1-2H3,(H3,11,13,16,17). The number of rotatable bonds is 4. The molecule has 4 N–H and O–H groups in total. The van der Waals surface area contributed by atoms with Crippen LogP contribution in [0.25, 0.3) is 0 Å². The Bertz CT molecular complexity index is 284. The van der Waals surface area contributed by atoms with Crippen LogP contribution in [-0.4, -0.2) is 74.6 Å². The molecule has 1 aliphatic rings. The highest BCUT2D eigenvalue weighted by Crippen LogP contribution is 2.04. The van der Waals surface area contributed by atoms with Crippen LogP contribution in [0.15, 0.2) is 0 Å². The molecule has 1 heterocycles. The van der Waals surface area contributed by atoms with Gasteiger partial charge < -0.3 is 16.0 Å². The van der Waals surface area contributed by atoms with Crippen LogP contribution < -0.4 is 16.4 Å². The van der Waals surface area contributed by atoms with E-state index in [2.05, 4.69) is 29.2 Å². The fourth-order valence-corrected chi connectivity index (χ4v) is 1.86. The first-order valence-corrected chi connectivity index (χ1v) is 5.68. The lowest BCUT2D eigenvalue weighted by Crippen LogP contribution is -2.54. The van der Waals surface area contributed by atoms with Crippen molar-refractivity contribution in [1.82, 2.24) is 20.4 Å². The van der Waals surface area contributed by atoms with Crippen molar-refractivity contribution in [3.8, 4) is 0 Å². The summed E-state index contributed by atoms with van der Waals surface area (Å²) in [6.07, 6.45) is 0. The summed E-state index contributed by atoms with van der Waals surface area (Å²) >= 11 is 0. The molecule has 1 unspecified atom stereocenters. The number of imide groups is 1. The number of carbonyl (C=O) groups is 2. The molecule has 98 valence electrons. The number of nitrogens with zero attached hydrogens (tertiary/aromatic N) is 2. The minimum atomic E-state index is -0.814. The van der Waals surface area contributed by atoms with E-state index in [1.165, 1.54) is 0 Å². The Morgan fingerprint density at radius 1 is 1.35 bits per heavy atom. The lowest BCUT2D eigenvalue weighted by Gasteiger charge is -2.37. The molecule has 1 fully saturated rings.